The summed E-state index contributed by atoms with van der Waals surface area (Å²) in [6.07, 6.45) is 0. The molecular weight excluding hydrogens is 367 g/mol. The van der Waals surface area contributed by atoms with E-state index in [1.165, 1.54) is 18.2 Å². The van der Waals surface area contributed by atoms with Gasteiger partial charge in [0.1, 0.15) is 11.6 Å². The summed E-state index contributed by atoms with van der Waals surface area (Å²) in [7, 11) is 0. The summed E-state index contributed by atoms with van der Waals surface area (Å²) in [6, 6.07) is 7.88. The molecule has 0 aliphatic heterocycles. The molecule has 9 heteroatoms. The highest BCUT2D eigenvalue weighted by molar-refractivity contribution is 6.30. The Kier molecular flexibility index (Phi) is 5.04. The van der Waals surface area contributed by atoms with Crippen molar-refractivity contribution in [2.75, 3.05) is 6.61 Å². The molecule has 0 fully saturated rings. The lowest BCUT2D eigenvalue weighted by Crippen LogP contribution is -2.04. The van der Waals surface area contributed by atoms with Crippen molar-refractivity contribution in [1.82, 2.24) is 10.1 Å². The maximum atomic E-state index is 13.1. The molecule has 0 unspecified atom stereocenters. The van der Waals surface area contributed by atoms with Gasteiger partial charge in [-0.2, -0.15) is 4.98 Å². The van der Waals surface area contributed by atoms with Crippen LogP contribution in [0.2, 0.25) is 5.02 Å². The SMILES string of the molecule is CCOC(=O)c1nc(-c2cc(Cl)ccc2Oc2ccc(F)cc2O)no1. The van der Waals surface area contributed by atoms with Gasteiger partial charge in [0.2, 0.25) is 5.82 Å². The van der Waals surface area contributed by atoms with Crippen LogP contribution in [0, 0.1) is 5.82 Å². The molecule has 134 valence electrons. The highest BCUT2D eigenvalue weighted by Gasteiger charge is 2.20. The highest BCUT2D eigenvalue weighted by Crippen LogP contribution is 2.37. The van der Waals surface area contributed by atoms with E-state index in [2.05, 4.69) is 10.1 Å². The first-order valence-corrected chi connectivity index (χ1v) is 7.83. The van der Waals surface area contributed by atoms with Crippen LogP contribution in [0.15, 0.2) is 40.9 Å². The zero-order chi connectivity index (χ0) is 18.7. The Morgan fingerprint density at radius 1 is 1.27 bits per heavy atom. The third-order valence-electron chi connectivity index (χ3n) is 3.20. The number of phenolic OH excluding ortho intramolecular Hbond substituents is 1. The second kappa shape index (κ2) is 7.40. The number of carbonyl (C=O) groups excluding carboxylic acids is 1. The lowest BCUT2D eigenvalue weighted by atomic mass is 10.2. The third kappa shape index (κ3) is 3.75. The van der Waals surface area contributed by atoms with Crippen LogP contribution in [0.5, 0.6) is 17.2 Å². The number of nitrogens with zero attached hydrogens (tertiary/aromatic N) is 2. The van der Waals surface area contributed by atoms with Gasteiger partial charge in [0.15, 0.2) is 11.5 Å². The fraction of sp³-hybridized carbons (Fsp3) is 0.118. The van der Waals surface area contributed by atoms with E-state index >= 15 is 0 Å². The number of hydrogen-bond acceptors (Lipinski definition) is 7. The van der Waals surface area contributed by atoms with E-state index in [4.69, 9.17) is 25.6 Å². The maximum Gasteiger partial charge on any atom is 0.397 e. The summed E-state index contributed by atoms with van der Waals surface area (Å²) in [5, 5.41) is 13.9. The van der Waals surface area contributed by atoms with Crippen LogP contribution in [-0.4, -0.2) is 27.8 Å². The lowest BCUT2D eigenvalue weighted by molar-refractivity contribution is 0.0470. The largest absolute Gasteiger partial charge is 0.504 e. The van der Waals surface area contributed by atoms with E-state index in [1.807, 2.05) is 0 Å². The first-order chi connectivity index (χ1) is 12.5. The van der Waals surface area contributed by atoms with Gasteiger partial charge in [-0.25, -0.2) is 9.18 Å². The standard InChI is InChI=1S/C17H12ClFN2O5/c1-2-24-17(23)16-20-15(21-26-16)11-7-9(18)3-5-13(11)25-14-6-4-10(19)8-12(14)22/h3-8,22H,2H2,1H3. The molecular formula is C17H12ClFN2O5. The fourth-order valence-electron chi connectivity index (χ4n) is 2.07. The van der Waals surface area contributed by atoms with Crippen molar-refractivity contribution < 1.29 is 28.3 Å². The topological polar surface area (TPSA) is 94.7 Å². The fourth-order valence-corrected chi connectivity index (χ4v) is 2.24. The highest BCUT2D eigenvalue weighted by atomic mass is 35.5. The van der Waals surface area contributed by atoms with E-state index in [9.17, 15) is 14.3 Å². The molecule has 0 aliphatic carbocycles. The van der Waals surface area contributed by atoms with Crippen molar-refractivity contribution >= 4 is 17.6 Å². The normalized spacial score (nSPS) is 10.6. The first-order valence-electron chi connectivity index (χ1n) is 7.45. The number of carbonyl (C=O) groups is 1. The molecule has 0 spiro atoms. The summed E-state index contributed by atoms with van der Waals surface area (Å²) >= 11 is 6.01. The van der Waals surface area contributed by atoms with Crippen LogP contribution in [0.1, 0.15) is 17.6 Å². The second-order valence-corrected chi connectivity index (χ2v) is 5.43. The molecule has 0 atom stereocenters. The van der Waals surface area contributed by atoms with Gasteiger partial charge < -0.3 is 19.1 Å². The van der Waals surface area contributed by atoms with Gasteiger partial charge >= 0.3 is 11.9 Å². The number of phenols is 1. The number of benzene rings is 2. The van der Waals surface area contributed by atoms with E-state index < -0.39 is 11.8 Å². The van der Waals surface area contributed by atoms with Gasteiger partial charge in [-0.05, 0) is 37.3 Å². The van der Waals surface area contributed by atoms with E-state index in [0.29, 0.717) is 10.6 Å². The Balaban J connectivity index is 1.97. The molecule has 1 N–H and O–H groups in total. The number of rotatable bonds is 5. The minimum absolute atomic E-state index is 0.0177. The van der Waals surface area contributed by atoms with Crippen LogP contribution < -0.4 is 4.74 Å². The molecule has 0 radical (unpaired) electrons. The van der Waals surface area contributed by atoms with Gasteiger partial charge in [-0.15, -0.1) is 0 Å². The summed E-state index contributed by atoms with van der Waals surface area (Å²) < 4.78 is 28.4. The third-order valence-corrected chi connectivity index (χ3v) is 3.43. The van der Waals surface area contributed by atoms with Gasteiger partial charge in [-0.3, -0.25) is 0 Å². The minimum atomic E-state index is -0.757. The predicted molar refractivity (Wildman–Crippen MR) is 88.8 cm³/mol. The summed E-state index contributed by atoms with van der Waals surface area (Å²) in [4.78, 5) is 15.6. The Bertz CT molecular complexity index is 960. The molecule has 7 nitrogen and oxygen atoms in total. The number of ether oxygens (including phenoxy) is 2. The van der Waals surface area contributed by atoms with Crippen LogP contribution in [0.25, 0.3) is 11.4 Å². The molecule has 26 heavy (non-hydrogen) atoms. The molecule has 0 aliphatic rings. The molecule has 0 saturated heterocycles. The van der Waals surface area contributed by atoms with E-state index in [0.717, 1.165) is 12.1 Å². The van der Waals surface area contributed by atoms with Crippen molar-refractivity contribution in [3.05, 3.63) is 53.1 Å². The predicted octanol–water partition coefficient (Wildman–Crippen LogP) is 4.20. The summed E-state index contributed by atoms with van der Waals surface area (Å²) in [6.45, 7) is 1.80. The number of halogens is 2. The van der Waals surface area contributed by atoms with Gasteiger partial charge in [-0.1, -0.05) is 16.8 Å². The smallest absolute Gasteiger partial charge is 0.397 e. The van der Waals surface area contributed by atoms with Crippen molar-refractivity contribution in [3.8, 4) is 28.6 Å². The molecule has 1 heterocycles. The Morgan fingerprint density at radius 3 is 2.77 bits per heavy atom. The van der Waals surface area contributed by atoms with Crippen molar-refractivity contribution in [3.63, 3.8) is 0 Å². The average molecular weight is 379 g/mol. The second-order valence-electron chi connectivity index (χ2n) is 5.00. The Labute approximate surface area is 151 Å². The van der Waals surface area contributed by atoms with E-state index in [1.54, 1.807) is 13.0 Å². The molecule has 1 aromatic heterocycles. The van der Waals surface area contributed by atoms with Crippen molar-refractivity contribution in [2.24, 2.45) is 0 Å². The summed E-state index contributed by atoms with van der Waals surface area (Å²) in [5.41, 5.74) is 0.306. The molecule has 0 amide bonds. The lowest BCUT2D eigenvalue weighted by Gasteiger charge is -2.10. The summed E-state index contributed by atoms with van der Waals surface area (Å²) in [5.74, 6) is -1.80. The number of aromatic hydroxyl groups is 1. The van der Waals surface area contributed by atoms with Crippen LogP contribution in [0.3, 0.4) is 0 Å². The molecule has 2 aromatic carbocycles. The van der Waals surface area contributed by atoms with Crippen LogP contribution in [0.4, 0.5) is 4.39 Å². The van der Waals surface area contributed by atoms with E-state index in [-0.39, 0.29) is 35.6 Å². The number of aromatic nitrogens is 2. The van der Waals surface area contributed by atoms with Gasteiger partial charge in [0.25, 0.3) is 0 Å². The molecule has 0 bridgehead atoms. The first kappa shape index (κ1) is 17.7. The van der Waals surface area contributed by atoms with Gasteiger partial charge in [0, 0.05) is 11.1 Å². The maximum absolute atomic E-state index is 13.1. The minimum Gasteiger partial charge on any atom is -0.504 e. The zero-order valence-electron chi connectivity index (χ0n) is 13.4. The van der Waals surface area contributed by atoms with Gasteiger partial charge in [0.05, 0.1) is 12.2 Å². The Morgan fingerprint density at radius 2 is 2.04 bits per heavy atom. The van der Waals surface area contributed by atoms with Crippen molar-refractivity contribution in [1.29, 1.82) is 0 Å². The number of hydrogen-bond donors (Lipinski definition) is 1. The number of esters is 1. The quantitative estimate of drug-likeness (QED) is 0.664. The molecule has 3 aromatic rings. The Hall–Kier alpha value is -3.13. The zero-order valence-corrected chi connectivity index (χ0v) is 14.2. The van der Waals surface area contributed by atoms with Crippen LogP contribution in [-0.2, 0) is 4.74 Å². The monoisotopic (exact) mass is 378 g/mol. The average Bonchev–Trinajstić information content (AvgIpc) is 3.09. The molecule has 0 saturated carbocycles. The van der Waals surface area contributed by atoms with Crippen LogP contribution >= 0.6 is 11.6 Å². The molecule has 3 rings (SSSR count). The van der Waals surface area contributed by atoms with Crippen molar-refractivity contribution in [2.45, 2.75) is 6.92 Å².